The van der Waals surface area contributed by atoms with Crippen molar-refractivity contribution < 1.29 is 4.42 Å². The van der Waals surface area contributed by atoms with E-state index in [1.807, 2.05) is 30.2 Å². The van der Waals surface area contributed by atoms with Gasteiger partial charge in [0.05, 0.1) is 6.26 Å². The topological polar surface area (TPSA) is 13.1 Å². The molecule has 0 saturated carbocycles. The fourth-order valence-corrected chi connectivity index (χ4v) is 3.79. The van der Waals surface area contributed by atoms with Crippen LogP contribution in [0.4, 0.5) is 0 Å². The van der Waals surface area contributed by atoms with E-state index in [1.54, 1.807) is 0 Å². The average Bonchev–Trinajstić information content (AvgIpc) is 3.06. The summed E-state index contributed by atoms with van der Waals surface area (Å²) in [5.41, 5.74) is 4.64. The molecule has 0 aliphatic heterocycles. The summed E-state index contributed by atoms with van der Waals surface area (Å²) in [6, 6.07) is 27.3. The number of benzene rings is 3. The maximum absolute atomic E-state index is 5.78. The lowest BCUT2D eigenvalue weighted by Gasteiger charge is -2.06. The molecule has 0 amide bonds. The molecular formula is C21H16OS. The predicted octanol–water partition coefficient (Wildman–Crippen LogP) is 6.39. The van der Waals surface area contributed by atoms with Crippen molar-refractivity contribution in [2.75, 3.05) is 0 Å². The summed E-state index contributed by atoms with van der Waals surface area (Å²) in [5, 5.41) is 1.21. The molecule has 0 atom stereocenters. The van der Waals surface area contributed by atoms with Gasteiger partial charge in [-0.3, -0.25) is 0 Å². The van der Waals surface area contributed by atoms with E-state index in [9.17, 15) is 0 Å². The molecule has 1 aromatic heterocycles. The molecule has 4 aromatic rings. The third-order valence-electron chi connectivity index (χ3n) is 3.88. The number of hydrogen-bond donors (Lipinski definition) is 0. The normalized spacial score (nSPS) is 11.0. The van der Waals surface area contributed by atoms with Crippen LogP contribution in [0, 0.1) is 0 Å². The molecule has 0 bridgehead atoms. The minimum absolute atomic E-state index is 0.946. The Hall–Kier alpha value is -2.45. The zero-order valence-corrected chi connectivity index (χ0v) is 13.4. The average molecular weight is 316 g/mol. The number of furan rings is 1. The van der Waals surface area contributed by atoms with Crippen LogP contribution in [0.3, 0.4) is 0 Å². The largest absolute Gasteiger partial charge is 0.464 e. The van der Waals surface area contributed by atoms with Crippen LogP contribution in [0.1, 0.15) is 5.56 Å². The highest BCUT2D eigenvalue weighted by atomic mass is 32.2. The molecule has 4 rings (SSSR count). The Morgan fingerprint density at radius 1 is 0.739 bits per heavy atom. The Morgan fingerprint density at radius 3 is 2.26 bits per heavy atom. The molecule has 0 aliphatic rings. The van der Waals surface area contributed by atoms with Crippen LogP contribution in [-0.4, -0.2) is 0 Å². The molecule has 3 aromatic carbocycles. The van der Waals surface area contributed by atoms with Crippen molar-refractivity contribution in [2.45, 2.75) is 10.6 Å². The Labute approximate surface area is 140 Å². The molecular weight excluding hydrogens is 300 g/mol. The van der Waals surface area contributed by atoms with Crippen molar-refractivity contribution in [3.05, 3.63) is 90.7 Å². The first-order chi connectivity index (χ1) is 11.4. The fourth-order valence-electron chi connectivity index (χ4n) is 2.74. The molecule has 0 aliphatic carbocycles. The zero-order chi connectivity index (χ0) is 15.5. The van der Waals surface area contributed by atoms with Gasteiger partial charge in [-0.2, -0.15) is 0 Å². The van der Waals surface area contributed by atoms with Crippen molar-refractivity contribution in [2.24, 2.45) is 0 Å². The Morgan fingerprint density at radius 2 is 1.48 bits per heavy atom. The highest BCUT2D eigenvalue weighted by Gasteiger charge is 2.12. The maximum atomic E-state index is 5.78. The summed E-state index contributed by atoms with van der Waals surface area (Å²) in [5.74, 6) is 0.958. The third-order valence-corrected chi connectivity index (χ3v) is 5.01. The van der Waals surface area contributed by atoms with Crippen LogP contribution in [0.5, 0.6) is 0 Å². The van der Waals surface area contributed by atoms with Crippen molar-refractivity contribution >= 4 is 22.7 Å². The Bertz CT molecular complexity index is 910. The van der Waals surface area contributed by atoms with E-state index in [4.69, 9.17) is 4.42 Å². The van der Waals surface area contributed by atoms with E-state index in [1.165, 1.54) is 21.4 Å². The van der Waals surface area contributed by atoms with Gasteiger partial charge in [0.2, 0.25) is 0 Å². The number of thioether (sulfide) groups is 1. The second kappa shape index (κ2) is 6.35. The van der Waals surface area contributed by atoms with Crippen molar-refractivity contribution in [3.8, 4) is 11.1 Å². The van der Waals surface area contributed by atoms with Gasteiger partial charge in [-0.05, 0) is 23.3 Å². The molecule has 0 saturated heterocycles. The Balaban J connectivity index is 1.73. The standard InChI is InChI=1S/C21H16OS/c1-3-8-16(9-4-1)15-23-20-13-7-12-19-21(20)18(14-22-19)17-10-5-2-6-11-17/h1-14H,15H2. The van der Waals surface area contributed by atoms with Gasteiger partial charge >= 0.3 is 0 Å². The number of hydrogen-bond acceptors (Lipinski definition) is 2. The lowest BCUT2D eigenvalue weighted by atomic mass is 10.1. The van der Waals surface area contributed by atoms with E-state index >= 15 is 0 Å². The monoisotopic (exact) mass is 316 g/mol. The van der Waals surface area contributed by atoms with E-state index in [0.717, 1.165) is 16.9 Å². The van der Waals surface area contributed by atoms with Gasteiger partial charge in [0.1, 0.15) is 5.58 Å². The van der Waals surface area contributed by atoms with E-state index in [2.05, 4.69) is 66.7 Å². The fraction of sp³-hybridized carbons (Fsp3) is 0.0476. The number of rotatable bonds is 4. The van der Waals surface area contributed by atoms with Crippen molar-refractivity contribution in [1.29, 1.82) is 0 Å². The second-order valence-electron chi connectivity index (χ2n) is 5.42. The van der Waals surface area contributed by atoms with Gasteiger partial charge in [-0.1, -0.05) is 66.7 Å². The van der Waals surface area contributed by atoms with Crippen LogP contribution in [0.2, 0.25) is 0 Å². The number of fused-ring (bicyclic) bond motifs is 1. The zero-order valence-electron chi connectivity index (χ0n) is 12.6. The molecule has 0 fully saturated rings. The first kappa shape index (κ1) is 14.2. The van der Waals surface area contributed by atoms with Crippen LogP contribution < -0.4 is 0 Å². The van der Waals surface area contributed by atoms with E-state index in [-0.39, 0.29) is 0 Å². The molecule has 112 valence electrons. The van der Waals surface area contributed by atoms with Gasteiger partial charge in [-0.15, -0.1) is 11.8 Å². The van der Waals surface area contributed by atoms with Crippen LogP contribution in [-0.2, 0) is 5.75 Å². The SMILES string of the molecule is c1ccc(CSc2cccc3occ(-c4ccccc4)c23)cc1. The van der Waals surface area contributed by atoms with Crippen LogP contribution >= 0.6 is 11.8 Å². The minimum atomic E-state index is 0.946. The summed E-state index contributed by atoms with van der Waals surface area (Å²) in [6.07, 6.45) is 1.87. The molecule has 1 nitrogen and oxygen atoms in total. The lowest BCUT2D eigenvalue weighted by Crippen LogP contribution is -1.82. The molecule has 0 spiro atoms. The summed E-state index contributed by atoms with van der Waals surface area (Å²) in [4.78, 5) is 1.26. The van der Waals surface area contributed by atoms with Gasteiger partial charge in [0, 0.05) is 21.6 Å². The van der Waals surface area contributed by atoms with Crippen LogP contribution in [0.15, 0.2) is 94.4 Å². The maximum Gasteiger partial charge on any atom is 0.135 e. The van der Waals surface area contributed by atoms with Gasteiger partial charge < -0.3 is 4.42 Å². The molecule has 0 unspecified atom stereocenters. The molecule has 0 radical (unpaired) electrons. The molecule has 1 heterocycles. The first-order valence-electron chi connectivity index (χ1n) is 7.64. The summed E-state index contributed by atoms with van der Waals surface area (Å²) in [7, 11) is 0. The van der Waals surface area contributed by atoms with E-state index < -0.39 is 0 Å². The van der Waals surface area contributed by atoms with E-state index in [0.29, 0.717) is 0 Å². The third kappa shape index (κ3) is 2.90. The minimum Gasteiger partial charge on any atom is -0.464 e. The van der Waals surface area contributed by atoms with Crippen LogP contribution in [0.25, 0.3) is 22.1 Å². The quantitative estimate of drug-likeness (QED) is 0.404. The lowest BCUT2D eigenvalue weighted by molar-refractivity contribution is 0.616. The van der Waals surface area contributed by atoms with Gasteiger partial charge in [0.15, 0.2) is 0 Å². The molecule has 2 heteroatoms. The second-order valence-corrected chi connectivity index (χ2v) is 6.44. The Kier molecular flexibility index (Phi) is 3.91. The highest BCUT2D eigenvalue weighted by molar-refractivity contribution is 7.98. The summed E-state index contributed by atoms with van der Waals surface area (Å²) in [6.45, 7) is 0. The predicted molar refractivity (Wildman–Crippen MR) is 97.7 cm³/mol. The highest BCUT2D eigenvalue weighted by Crippen LogP contribution is 2.38. The van der Waals surface area contributed by atoms with Crippen molar-refractivity contribution in [1.82, 2.24) is 0 Å². The first-order valence-corrected chi connectivity index (χ1v) is 8.63. The van der Waals surface area contributed by atoms with Gasteiger partial charge in [-0.25, -0.2) is 0 Å². The summed E-state index contributed by atoms with van der Waals surface area (Å²) >= 11 is 1.86. The van der Waals surface area contributed by atoms with Crippen molar-refractivity contribution in [3.63, 3.8) is 0 Å². The smallest absolute Gasteiger partial charge is 0.135 e. The van der Waals surface area contributed by atoms with Gasteiger partial charge in [0.25, 0.3) is 0 Å². The summed E-state index contributed by atoms with van der Waals surface area (Å²) < 4.78 is 5.78. The molecule has 23 heavy (non-hydrogen) atoms. The molecule has 0 N–H and O–H groups in total.